The van der Waals surface area contributed by atoms with Crippen LogP contribution in [0.4, 0.5) is 0 Å². The van der Waals surface area contributed by atoms with E-state index in [1.165, 1.54) is 22.3 Å². The Balaban J connectivity index is 0.000000949. The van der Waals surface area contributed by atoms with Crippen LogP contribution >= 0.6 is 0 Å². The van der Waals surface area contributed by atoms with Crippen molar-refractivity contribution >= 4 is 52.7 Å². The predicted molar refractivity (Wildman–Crippen MR) is 233 cm³/mol. The zero-order chi connectivity index (χ0) is 38.8. The zero-order valence-corrected chi connectivity index (χ0v) is 34.2. The third-order valence-electron chi connectivity index (χ3n) is 10.1. The van der Waals surface area contributed by atoms with Crippen LogP contribution in [0.2, 0.25) is 0 Å². The van der Waals surface area contributed by atoms with Gasteiger partial charge in [0, 0.05) is 0 Å². The molecule has 5 nitrogen and oxygen atoms in total. The van der Waals surface area contributed by atoms with Crippen LogP contribution in [0.15, 0.2) is 121 Å². The van der Waals surface area contributed by atoms with Gasteiger partial charge >= 0.3 is 19.5 Å². The Morgan fingerprint density at radius 3 is 0.807 bits per heavy atom. The Morgan fingerprint density at radius 1 is 0.404 bits per heavy atom. The first-order valence-electron chi connectivity index (χ1n) is 19.0. The molecule has 3 aromatic heterocycles. The molecule has 280 valence electrons. The second kappa shape index (κ2) is 16.9. The summed E-state index contributed by atoms with van der Waals surface area (Å²) in [5.41, 5.74) is 19.9. The van der Waals surface area contributed by atoms with Crippen molar-refractivity contribution in [3.05, 3.63) is 166 Å². The summed E-state index contributed by atoms with van der Waals surface area (Å²) in [5.74, 6) is 0. The van der Waals surface area contributed by atoms with E-state index in [-0.39, 0.29) is 19.5 Å². The van der Waals surface area contributed by atoms with Crippen molar-refractivity contribution in [1.82, 2.24) is 19.9 Å². The second-order valence-corrected chi connectivity index (χ2v) is 14.3. The summed E-state index contributed by atoms with van der Waals surface area (Å²) >= 11 is 0. The molecule has 0 saturated heterocycles. The molecule has 5 heterocycles. The molecule has 0 atom stereocenters. The minimum atomic E-state index is 0. The van der Waals surface area contributed by atoms with Crippen LogP contribution in [-0.2, 0) is 24.3 Å². The van der Waals surface area contributed by atoms with Gasteiger partial charge in [0.15, 0.2) is 0 Å². The van der Waals surface area contributed by atoms with E-state index in [1.54, 1.807) is 13.2 Å². The number of aromatic nitrogens is 4. The summed E-state index contributed by atoms with van der Waals surface area (Å²) in [7, 11) is 0. The Kier molecular flexibility index (Phi) is 11.6. The molecule has 8 bridgehead atoms. The fourth-order valence-electron chi connectivity index (χ4n) is 7.15. The molecule has 4 aromatic carbocycles. The van der Waals surface area contributed by atoms with Gasteiger partial charge < -0.3 is 14.8 Å². The van der Waals surface area contributed by atoms with Crippen molar-refractivity contribution in [2.24, 2.45) is 0 Å². The van der Waals surface area contributed by atoms with Crippen molar-refractivity contribution in [3.63, 3.8) is 0 Å². The Bertz CT molecular complexity index is 2430. The number of hydrogen-bond acceptors (Lipinski definition) is 3. The van der Waals surface area contributed by atoms with E-state index >= 15 is 0 Å². The molecule has 0 saturated carbocycles. The summed E-state index contributed by atoms with van der Waals surface area (Å²) in [6.45, 7) is 10.2. The van der Waals surface area contributed by atoms with Gasteiger partial charge in [-0.3, -0.25) is 6.29 Å². The number of carbonyl (C=O) groups excluding carboxylic acids is 1. The van der Waals surface area contributed by atoms with Crippen LogP contribution in [-0.4, -0.2) is 16.3 Å². The monoisotopic (exact) mass is 828 g/mol. The van der Waals surface area contributed by atoms with Crippen LogP contribution in [0.3, 0.4) is 0 Å². The molecule has 0 aliphatic carbocycles. The van der Waals surface area contributed by atoms with Gasteiger partial charge in [0.1, 0.15) is 0 Å². The Hall–Kier alpha value is -6.23. The summed E-state index contributed by atoms with van der Waals surface area (Å²) in [5, 5.41) is 0. The van der Waals surface area contributed by atoms with E-state index in [2.05, 4.69) is 173 Å². The first-order valence-corrected chi connectivity index (χ1v) is 19.0. The molecule has 0 N–H and O–H groups in total. The number of rotatable bonds is 5. The van der Waals surface area contributed by atoms with Crippen LogP contribution in [0.5, 0.6) is 0 Å². The van der Waals surface area contributed by atoms with E-state index in [9.17, 15) is 0 Å². The summed E-state index contributed by atoms with van der Waals surface area (Å²) in [4.78, 5) is 30.5. The minimum Gasteiger partial charge on any atom is -0.657 e. The smallest absolute Gasteiger partial charge is 0.657 e. The van der Waals surface area contributed by atoms with E-state index in [0.29, 0.717) is 6.42 Å². The largest absolute Gasteiger partial charge is 3.00 e. The van der Waals surface area contributed by atoms with Gasteiger partial charge in [-0.2, -0.15) is 6.42 Å². The fourth-order valence-corrected chi connectivity index (χ4v) is 7.15. The van der Waals surface area contributed by atoms with Crippen LogP contribution in [0.25, 0.3) is 90.9 Å². The van der Waals surface area contributed by atoms with E-state index in [1.807, 2.05) is 0 Å². The molecule has 0 radical (unpaired) electrons. The first-order chi connectivity index (χ1) is 27.3. The molecule has 0 fully saturated rings. The van der Waals surface area contributed by atoms with Gasteiger partial charge in [-0.15, -0.1) is 22.1 Å². The molecule has 0 amide bonds. The number of benzene rings is 4. The maximum Gasteiger partial charge on any atom is 3.00 e. The third kappa shape index (κ3) is 8.05. The average molecular weight is 829 g/mol. The Labute approximate surface area is 347 Å². The average Bonchev–Trinajstić information content (AvgIpc) is 4.06. The third-order valence-corrected chi connectivity index (χ3v) is 10.1. The van der Waals surface area contributed by atoms with Gasteiger partial charge in [-0.25, -0.2) is 9.97 Å². The van der Waals surface area contributed by atoms with Crippen molar-refractivity contribution in [2.45, 2.75) is 41.0 Å². The fraction of sp³-hybridized carbons (Fsp3) is 0.118. The van der Waals surface area contributed by atoms with Crippen molar-refractivity contribution < 1.29 is 24.3 Å². The molecule has 2 aliphatic heterocycles. The maximum atomic E-state index is 9.05. The second-order valence-electron chi connectivity index (χ2n) is 14.3. The predicted octanol–water partition coefficient (Wildman–Crippen LogP) is 12.3. The molecule has 2 aliphatic rings. The zero-order valence-electron chi connectivity index (χ0n) is 32.6. The summed E-state index contributed by atoms with van der Waals surface area (Å²) in [6, 6.07) is 43.0. The molecule has 7 aromatic rings. The van der Waals surface area contributed by atoms with Crippen LogP contribution in [0, 0.1) is 27.7 Å². The minimum absolute atomic E-state index is 0. The summed E-state index contributed by atoms with van der Waals surface area (Å²) in [6.07, 6.45) is 10.7. The molecule has 6 heteroatoms. The topological polar surface area (TPSA) is 71.1 Å². The van der Waals surface area contributed by atoms with Gasteiger partial charge in [-0.05, 0) is 96.5 Å². The number of aryl methyl sites for hydroxylation is 4. The van der Waals surface area contributed by atoms with E-state index < -0.39 is 0 Å². The van der Waals surface area contributed by atoms with Crippen molar-refractivity contribution in [2.75, 3.05) is 0 Å². The van der Waals surface area contributed by atoms with Gasteiger partial charge in [0.05, 0.1) is 22.8 Å². The molecule has 9 rings (SSSR count). The van der Waals surface area contributed by atoms with Gasteiger partial charge in [0.25, 0.3) is 0 Å². The number of nitrogens with zero attached hydrogens (tertiary/aromatic N) is 4. The number of fused-ring (bicyclic) bond motifs is 8. The van der Waals surface area contributed by atoms with Gasteiger partial charge in [0.2, 0.25) is 0 Å². The summed E-state index contributed by atoms with van der Waals surface area (Å²) < 4.78 is 0. The molecule has 0 spiro atoms. The maximum absolute atomic E-state index is 9.05. The molecule has 57 heavy (non-hydrogen) atoms. The van der Waals surface area contributed by atoms with Crippen molar-refractivity contribution in [1.29, 1.82) is 0 Å². The van der Waals surface area contributed by atoms with E-state index in [0.717, 1.165) is 89.4 Å². The molecular formula is C51H41N4ORh. The standard InChI is InChI=1S/C48H36N4.C3H5O.Rh/c1-29-5-13-33(14-6-29)45-37-21-23-39(49-37)46(34-15-7-30(2)8-16-34)41-25-27-43(51-41)48(36-19-11-32(4)12-20-36)44-28-26-42(52-44)47(40-24-22-38(45)50-40)35-17-9-31(3)10-18-35;1-2-3-4;/h5-28H,1-4H3;2H2,1H3;/q-2;-1;+3. The van der Waals surface area contributed by atoms with Gasteiger partial charge in [-0.1, -0.05) is 151 Å². The number of hydrogen-bond donors (Lipinski definition) is 0. The molecule has 0 unspecified atom stereocenters. The quantitative estimate of drug-likeness (QED) is 0.128. The SMILES string of the molecule is CC[C-]=O.Cc1ccc(-c2c3nc(c(-c4ccc(C)cc4)c4ccc([n-]4)c(-c4ccc(C)cc4)c4nc(c(-c5ccc(C)cc5)c5ccc2[n-]5)C=C4)C=C3)cc1.[Rh+3]. The first kappa shape index (κ1) is 39.0. The van der Waals surface area contributed by atoms with Crippen molar-refractivity contribution in [3.8, 4) is 44.5 Å². The van der Waals surface area contributed by atoms with Crippen LogP contribution < -0.4 is 9.97 Å². The molecular weight excluding hydrogens is 787 g/mol. The van der Waals surface area contributed by atoms with E-state index in [4.69, 9.17) is 24.7 Å². The Morgan fingerprint density at radius 2 is 0.614 bits per heavy atom. The normalized spacial score (nSPS) is 11.5. The van der Waals surface area contributed by atoms with Crippen LogP contribution in [0.1, 0.15) is 58.4 Å².